The van der Waals surface area contributed by atoms with Crippen molar-refractivity contribution < 1.29 is 18.8 Å². The van der Waals surface area contributed by atoms with Crippen LogP contribution in [-0.4, -0.2) is 22.2 Å². The fourth-order valence-corrected chi connectivity index (χ4v) is 1.99. The molecule has 0 amide bonds. The maximum absolute atomic E-state index is 13.1. The smallest absolute Gasteiger partial charge is 0.316 e. The van der Waals surface area contributed by atoms with E-state index >= 15 is 0 Å². The number of ether oxygens (including phenoxy) is 1. The Morgan fingerprint density at radius 1 is 1.42 bits per heavy atom. The van der Waals surface area contributed by atoms with Crippen LogP contribution in [0, 0.1) is 15.9 Å². The summed E-state index contributed by atoms with van der Waals surface area (Å²) in [5.41, 5.74) is -0.933. The minimum Gasteiger partial charge on any atom is -0.459 e. The number of nitro benzene ring substituents is 1. The van der Waals surface area contributed by atoms with Crippen LogP contribution >= 0.6 is 11.8 Å². The van der Waals surface area contributed by atoms with Crippen LogP contribution in [0.4, 0.5) is 10.1 Å². The summed E-state index contributed by atoms with van der Waals surface area (Å²) in [4.78, 5) is 21.7. The van der Waals surface area contributed by atoms with Gasteiger partial charge in [0.1, 0.15) is 11.4 Å². The topological polar surface area (TPSA) is 69.4 Å². The Kier molecular flexibility index (Phi) is 4.88. The molecule has 0 aliphatic heterocycles. The number of esters is 1. The molecule has 0 saturated heterocycles. The van der Waals surface area contributed by atoms with Gasteiger partial charge in [0.05, 0.1) is 16.7 Å². The molecule has 0 aliphatic rings. The highest BCUT2D eigenvalue weighted by molar-refractivity contribution is 8.00. The Bertz CT molecular complexity index is 499. The number of hydrogen-bond donors (Lipinski definition) is 0. The molecule has 7 heteroatoms. The molecule has 104 valence electrons. The third-order valence-electron chi connectivity index (χ3n) is 1.84. The van der Waals surface area contributed by atoms with Gasteiger partial charge in [-0.1, -0.05) is 0 Å². The number of non-ortho nitro benzene ring substituents is 1. The second-order valence-electron chi connectivity index (χ2n) is 4.78. The van der Waals surface area contributed by atoms with Gasteiger partial charge in [-0.2, -0.15) is 0 Å². The molecule has 1 rings (SSSR count). The quantitative estimate of drug-likeness (QED) is 0.368. The van der Waals surface area contributed by atoms with Crippen LogP contribution in [0.25, 0.3) is 0 Å². The van der Waals surface area contributed by atoms with Gasteiger partial charge in [0.25, 0.3) is 5.69 Å². The number of carbonyl (C=O) groups excluding carboxylic acids is 1. The highest BCUT2D eigenvalue weighted by Gasteiger charge is 2.17. The van der Waals surface area contributed by atoms with Crippen molar-refractivity contribution in [1.29, 1.82) is 0 Å². The average molecular weight is 287 g/mol. The van der Waals surface area contributed by atoms with Crippen LogP contribution in [0.5, 0.6) is 0 Å². The maximum atomic E-state index is 13.1. The summed E-state index contributed by atoms with van der Waals surface area (Å²) in [6.07, 6.45) is 0. The van der Waals surface area contributed by atoms with Crippen molar-refractivity contribution in [3.63, 3.8) is 0 Å². The SMILES string of the molecule is CC(C)(C)OC(=O)CSc1cc(F)cc([N+](=O)[O-])c1. The normalized spacial score (nSPS) is 11.2. The van der Waals surface area contributed by atoms with E-state index in [-0.39, 0.29) is 11.4 Å². The molecule has 19 heavy (non-hydrogen) atoms. The number of nitrogens with zero attached hydrogens (tertiary/aromatic N) is 1. The molecule has 0 radical (unpaired) electrons. The van der Waals surface area contributed by atoms with E-state index in [0.717, 1.165) is 23.9 Å². The van der Waals surface area contributed by atoms with E-state index in [1.54, 1.807) is 20.8 Å². The van der Waals surface area contributed by atoms with E-state index < -0.39 is 22.3 Å². The summed E-state index contributed by atoms with van der Waals surface area (Å²) in [6, 6.07) is 3.19. The largest absolute Gasteiger partial charge is 0.459 e. The number of carbonyl (C=O) groups is 1. The molecule has 0 bridgehead atoms. The zero-order chi connectivity index (χ0) is 14.6. The van der Waals surface area contributed by atoms with Gasteiger partial charge in [0, 0.05) is 11.0 Å². The molecule has 5 nitrogen and oxygen atoms in total. The molecule has 0 heterocycles. The summed E-state index contributed by atoms with van der Waals surface area (Å²) in [7, 11) is 0. The lowest BCUT2D eigenvalue weighted by atomic mass is 10.2. The second-order valence-corrected chi connectivity index (χ2v) is 5.83. The lowest BCUT2D eigenvalue weighted by Crippen LogP contribution is -2.24. The highest BCUT2D eigenvalue weighted by atomic mass is 32.2. The fraction of sp³-hybridized carbons (Fsp3) is 0.417. The van der Waals surface area contributed by atoms with Crippen LogP contribution in [0.2, 0.25) is 0 Å². The Morgan fingerprint density at radius 2 is 2.05 bits per heavy atom. The van der Waals surface area contributed by atoms with Gasteiger partial charge in [-0.05, 0) is 26.8 Å². The van der Waals surface area contributed by atoms with E-state index in [4.69, 9.17) is 4.74 Å². The molecule has 1 aromatic rings. The monoisotopic (exact) mass is 287 g/mol. The zero-order valence-corrected chi connectivity index (χ0v) is 11.6. The first kappa shape index (κ1) is 15.4. The van der Waals surface area contributed by atoms with Crippen LogP contribution < -0.4 is 0 Å². The highest BCUT2D eigenvalue weighted by Crippen LogP contribution is 2.25. The molecule has 0 atom stereocenters. The molecule has 0 aliphatic carbocycles. The van der Waals surface area contributed by atoms with Gasteiger partial charge in [-0.15, -0.1) is 11.8 Å². The minimum atomic E-state index is -0.708. The molecular formula is C12H14FNO4S. The maximum Gasteiger partial charge on any atom is 0.316 e. The fourth-order valence-electron chi connectivity index (χ4n) is 1.25. The first-order chi connectivity index (χ1) is 8.67. The molecule has 0 unspecified atom stereocenters. The Hall–Kier alpha value is -1.63. The third kappa shape index (κ3) is 5.69. The molecule has 1 aromatic carbocycles. The zero-order valence-electron chi connectivity index (χ0n) is 10.8. The summed E-state index contributed by atoms with van der Waals surface area (Å²) in [5.74, 6) is -1.19. The summed E-state index contributed by atoms with van der Waals surface area (Å²) in [5, 5.41) is 10.6. The van der Waals surface area contributed by atoms with Crippen molar-refractivity contribution in [3.8, 4) is 0 Å². The van der Waals surface area contributed by atoms with E-state index in [9.17, 15) is 19.3 Å². The van der Waals surface area contributed by atoms with Crippen molar-refractivity contribution >= 4 is 23.4 Å². The predicted molar refractivity (Wildman–Crippen MR) is 69.6 cm³/mol. The average Bonchev–Trinajstić information content (AvgIpc) is 2.23. The van der Waals surface area contributed by atoms with Gasteiger partial charge < -0.3 is 4.74 Å². The number of thioether (sulfide) groups is 1. The van der Waals surface area contributed by atoms with E-state index in [1.165, 1.54) is 6.07 Å². The number of benzene rings is 1. The van der Waals surface area contributed by atoms with Crippen LogP contribution in [0.1, 0.15) is 20.8 Å². The van der Waals surface area contributed by atoms with Crippen molar-refractivity contribution in [2.75, 3.05) is 5.75 Å². The summed E-state index contributed by atoms with van der Waals surface area (Å²) >= 11 is 0.996. The van der Waals surface area contributed by atoms with Crippen molar-refractivity contribution in [2.24, 2.45) is 0 Å². The van der Waals surface area contributed by atoms with Gasteiger partial charge in [0.2, 0.25) is 0 Å². The van der Waals surface area contributed by atoms with Crippen LogP contribution in [-0.2, 0) is 9.53 Å². The van der Waals surface area contributed by atoms with Crippen LogP contribution in [0.3, 0.4) is 0 Å². The third-order valence-corrected chi connectivity index (χ3v) is 2.79. The number of nitro groups is 1. The molecule has 0 aromatic heterocycles. The van der Waals surface area contributed by atoms with E-state index in [1.807, 2.05) is 0 Å². The Labute approximate surface area is 114 Å². The number of halogens is 1. The predicted octanol–water partition coefficient (Wildman–Crippen LogP) is 3.17. The minimum absolute atomic E-state index is 0.0299. The molecule has 0 fully saturated rings. The van der Waals surface area contributed by atoms with Gasteiger partial charge in [-0.3, -0.25) is 14.9 Å². The lowest BCUT2D eigenvalue weighted by molar-refractivity contribution is -0.385. The van der Waals surface area contributed by atoms with Crippen LogP contribution in [0.15, 0.2) is 23.1 Å². The first-order valence-corrected chi connectivity index (χ1v) is 6.45. The van der Waals surface area contributed by atoms with E-state index in [0.29, 0.717) is 4.90 Å². The standard InChI is InChI=1S/C12H14FNO4S/c1-12(2,3)18-11(15)7-19-10-5-8(13)4-9(6-10)14(16)17/h4-6H,7H2,1-3H3. The summed E-state index contributed by atoms with van der Waals surface area (Å²) in [6.45, 7) is 5.22. The lowest BCUT2D eigenvalue weighted by Gasteiger charge is -2.19. The summed E-state index contributed by atoms with van der Waals surface area (Å²) < 4.78 is 18.2. The Balaban J connectivity index is 2.68. The van der Waals surface area contributed by atoms with Gasteiger partial charge in [0.15, 0.2) is 0 Å². The second kappa shape index (κ2) is 6.01. The number of hydrogen-bond acceptors (Lipinski definition) is 5. The molecule has 0 N–H and O–H groups in total. The number of rotatable bonds is 4. The molecule has 0 spiro atoms. The van der Waals surface area contributed by atoms with Crippen molar-refractivity contribution in [3.05, 3.63) is 34.1 Å². The van der Waals surface area contributed by atoms with Crippen molar-refractivity contribution in [1.82, 2.24) is 0 Å². The Morgan fingerprint density at radius 3 is 2.58 bits per heavy atom. The van der Waals surface area contributed by atoms with Gasteiger partial charge >= 0.3 is 5.97 Å². The first-order valence-electron chi connectivity index (χ1n) is 5.47. The molecular weight excluding hydrogens is 273 g/mol. The van der Waals surface area contributed by atoms with Crippen molar-refractivity contribution in [2.45, 2.75) is 31.3 Å². The van der Waals surface area contributed by atoms with Gasteiger partial charge in [-0.25, -0.2) is 4.39 Å². The molecule has 0 saturated carbocycles. The van der Waals surface area contributed by atoms with E-state index in [2.05, 4.69) is 0 Å².